The third-order valence-corrected chi connectivity index (χ3v) is 3.22. The summed E-state index contributed by atoms with van der Waals surface area (Å²) in [5.41, 5.74) is 0.360. The SMILES string of the molecule is COc1ccc(-c2nc(CNC3CC3)no2)cc1[N+](=O)[O-]. The molecule has 0 bridgehead atoms. The van der Waals surface area contributed by atoms with Crippen LogP contribution in [0.15, 0.2) is 22.7 Å². The van der Waals surface area contributed by atoms with Gasteiger partial charge in [0.1, 0.15) is 0 Å². The summed E-state index contributed by atoms with van der Waals surface area (Å²) in [7, 11) is 1.39. The molecule has 2 aromatic rings. The minimum absolute atomic E-state index is 0.133. The first-order valence-corrected chi connectivity index (χ1v) is 6.56. The van der Waals surface area contributed by atoms with Gasteiger partial charge in [-0.25, -0.2) is 0 Å². The quantitative estimate of drug-likeness (QED) is 0.640. The standard InChI is InChI=1S/C13H14N4O4/c1-20-11-5-2-8(6-10(11)17(18)19)13-15-12(16-21-13)7-14-9-3-4-9/h2,5-6,9,14H,3-4,7H2,1H3. The van der Waals surface area contributed by atoms with Crippen molar-refractivity contribution in [3.8, 4) is 17.2 Å². The third kappa shape index (κ3) is 3.00. The number of hydrogen-bond acceptors (Lipinski definition) is 7. The maximum absolute atomic E-state index is 11.0. The van der Waals surface area contributed by atoms with E-state index in [9.17, 15) is 10.1 Å². The highest BCUT2D eigenvalue weighted by Crippen LogP contribution is 2.31. The molecular formula is C13H14N4O4. The fourth-order valence-electron chi connectivity index (χ4n) is 1.93. The summed E-state index contributed by atoms with van der Waals surface area (Å²) in [6.07, 6.45) is 2.35. The predicted octanol–water partition coefficient (Wildman–Crippen LogP) is 1.91. The number of nitrogens with one attached hydrogen (secondary N) is 1. The number of benzene rings is 1. The molecule has 0 saturated heterocycles. The number of methoxy groups -OCH3 is 1. The van der Waals surface area contributed by atoms with E-state index in [2.05, 4.69) is 15.5 Å². The van der Waals surface area contributed by atoms with Crippen molar-refractivity contribution >= 4 is 5.69 Å². The molecule has 0 radical (unpaired) electrons. The average Bonchev–Trinajstić information content (AvgIpc) is 3.21. The molecular weight excluding hydrogens is 276 g/mol. The second kappa shape index (κ2) is 5.49. The number of ether oxygens (including phenoxy) is 1. The van der Waals surface area contributed by atoms with Crippen molar-refractivity contribution in [1.82, 2.24) is 15.5 Å². The summed E-state index contributed by atoms with van der Waals surface area (Å²) in [5.74, 6) is 0.989. The zero-order valence-corrected chi connectivity index (χ0v) is 11.4. The molecule has 3 rings (SSSR count). The van der Waals surface area contributed by atoms with E-state index in [4.69, 9.17) is 9.26 Å². The first-order valence-electron chi connectivity index (χ1n) is 6.56. The van der Waals surface area contributed by atoms with Crippen LogP contribution in [0.1, 0.15) is 18.7 Å². The smallest absolute Gasteiger partial charge is 0.311 e. The number of nitro groups is 1. The molecule has 0 unspecified atom stereocenters. The van der Waals surface area contributed by atoms with Gasteiger partial charge in [-0.05, 0) is 25.0 Å². The Kier molecular flexibility index (Phi) is 3.53. The fourth-order valence-corrected chi connectivity index (χ4v) is 1.93. The van der Waals surface area contributed by atoms with E-state index in [1.165, 1.54) is 32.1 Å². The zero-order chi connectivity index (χ0) is 14.8. The molecule has 1 aliphatic rings. The van der Waals surface area contributed by atoms with Crippen LogP contribution in [0, 0.1) is 10.1 Å². The molecule has 0 spiro atoms. The molecule has 1 fully saturated rings. The molecule has 1 heterocycles. The minimum Gasteiger partial charge on any atom is -0.490 e. The highest BCUT2D eigenvalue weighted by atomic mass is 16.6. The second-order valence-electron chi connectivity index (χ2n) is 4.81. The van der Waals surface area contributed by atoms with Crippen LogP contribution in [-0.4, -0.2) is 28.2 Å². The first kappa shape index (κ1) is 13.5. The van der Waals surface area contributed by atoms with E-state index < -0.39 is 4.92 Å². The molecule has 1 aliphatic carbocycles. The largest absolute Gasteiger partial charge is 0.490 e. The Morgan fingerprint density at radius 1 is 1.52 bits per heavy atom. The van der Waals surface area contributed by atoms with Crippen LogP contribution in [0.3, 0.4) is 0 Å². The van der Waals surface area contributed by atoms with Crippen LogP contribution in [-0.2, 0) is 6.54 Å². The summed E-state index contributed by atoms with van der Waals surface area (Å²) in [6.45, 7) is 0.534. The van der Waals surface area contributed by atoms with Crippen molar-refractivity contribution in [2.75, 3.05) is 7.11 Å². The van der Waals surface area contributed by atoms with Gasteiger partial charge in [0.05, 0.1) is 18.6 Å². The highest BCUT2D eigenvalue weighted by Gasteiger charge is 2.22. The fraction of sp³-hybridized carbons (Fsp3) is 0.385. The highest BCUT2D eigenvalue weighted by molar-refractivity contribution is 5.62. The van der Waals surface area contributed by atoms with Crippen LogP contribution < -0.4 is 10.1 Å². The van der Waals surface area contributed by atoms with E-state index in [1.807, 2.05) is 0 Å². The topological polar surface area (TPSA) is 103 Å². The molecule has 0 amide bonds. The summed E-state index contributed by atoms with van der Waals surface area (Å²) >= 11 is 0. The van der Waals surface area contributed by atoms with Gasteiger partial charge in [0.25, 0.3) is 5.89 Å². The lowest BCUT2D eigenvalue weighted by molar-refractivity contribution is -0.385. The molecule has 0 aliphatic heterocycles. The molecule has 0 atom stereocenters. The molecule has 1 saturated carbocycles. The van der Waals surface area contributed by atoms with Gasteiger partial charge in [-0.15, -0.1) is 0 Å². The van der Waals surface area contributed by atoms with Gasteiger partial charge in [-0.2, -0.15) is 4.98 Å². The summed E-state index contributed by atoms with van der Waals surface area (Å²) in [5, 5.41) is 18.1. The molecule has 1 N–H and O–H groups in total. The molecule has 8 nitrogen and oxygen atoms in total. The summed E-state index contributed by atoms with van der Waals surface area (Å²) in [4.78, 5) is 14.7. The maximum Gasteiger partial charge on any atom is 0.311 e. The van der Waals surface area contributed by atoms with E-state index in [-0.39, 0.29) is 17.3 Å². The number of nitro benzene ring substituents is 1. The Morgan fingerprint density at radius 2 is 2.33 bits per heavy atom. The Bertz CT molecular complexity index is 666. The minimum atomic E-state index is -0.506. The normalized spacial score (nSPS) is 14.1. The molecule has 1 aromatic carbocycles. The second-order valence-corrected chi connectivity index (χ2v) is 4.81. The summed E-state index contributed by atoms with van der Waals surface area (Å²) < 4.78 is 10.1. The van der Waals surface area contributed by atoms with Crippen LogP contribution in [0.4, 0.5) is 5.69 Å². The molecule has 110 valence electrons. The van der Waals surface area contributed by atoms with Gasteiger partial charge in [0.15, 0.2) is 11.6 Å². The van der Waals surface area contributed by atoms with Gasteiger partial charge in [0.2, 0.25) is 0 Å². The number of nitrogens with zero attached hydrogens (tertiary/aromatic N) is 3. The maximum atomic E-state index is 11.0. The van der Waals surface area contributed by atoms with Crippen LogP contribution in [0.25, 0.3) is 11.5 Å². The van der Waals surface area contributed by atoms with Crippen LogP contribution in [0.5, 0.6) is 5.75 Å². The van der Waals surface area contributed by atoms with Crippen molar-refractivity contribution in [3.63, 3.8) is 0 Å². The zero-order valence-electron chi connectivity index (χ0n) is 11.4. The Morgan fingerprint density at radius 3 is 3.00 bits per heavy atom. The van der Waals surface area contributed by atoms with Gasteiger partial charge < -0.3 is 14.6 Å². The lowest BCUT2D eigenvalue weighted by Crippen LogP contribution is -2.16. The van der Waals surface area contributed by atoms with E-state index in [0.717, 1.165) is 0 Å². The van der Waals surface area contributed by atoms with E-state index >= 15 is 0 Å². The molecule has 21 heavy (non-hydrogen) atoms. The van der Waals surface area contributed by atoms with Crippen LogP contribution >= 0.6 is 0 Å². The third-order valence-electron chi connectivity index (χ3n) is 3.22. The monoisotopic (exact) mass is 290 g/mol. The van der Waals surface area contributed by atoms with Crippen molar-refractivity contribution in [1.29, 1.82) is 0 Å². The Balaban J connectivity index is 1.82. The average molecular weight is 290 g/mol. The molecule has 1 aromatic heterocycles. The van der Waals surface area contributed by atoms with Gasteiger partial charge in [0, 0.05) is 17.7 Å². The summed E-state index contributed by atoms with van der Waals surface area (Å²) in [6, 6.07) is 5.08. The van der Waals surface area contributed by atoms with Crippen molar-refractivity contribution < 1.29 is 14.2 Å². The van der Waals surface area contributed by atoms with Crippen LogP contribution in [0.2, 0.25) is 0 Å². The van der Waals surface area contributed by atoms with Crippen molar-refractivity contribution in [2.24, 2.45) is 0 Å². The van der Waals surface area contributed by atoms with Crippen molar-refractivity contribution in [2.45, 2.75) is 25.4 Å². The van der Waals surface area contributed by atoms with Gasteiger partial charge in [-0.1, -0.05) is 5.16 Å². The number of aromatic nitrogens is 2. The van der Waals surface area contributed by atoms with E-state index in [1.54, 1.807) is 6.07 Å². The molecule has 8 heteroatoms. The Labute approximate surface area is 120 Å². The van der Waals surface area contributed by atoms with Gasteiger partial charge in [-0.3, -0.25) is 10.1 Å². The van der Waals surface area contributed by atoms with Gasteiger partial charge >= 0.3 is 5.69 Å². The number of hydrogen-bond donors (Lipinski definition) is 1. The van der Waals surface area contributed by atoms with Crippen molar-refractivity contribution in [3.05, 3.63) is 34.1 Å². The Hall–Kier alpha value is -2.48. The predicted molar refractivity (Wildman–Crippen MR) is 72.8 cm³/mol. The lowest BCUT2D eigenvalue weighted by Gasteiger charge is -2.02. The van der Waals surface area contributed by atoms with E-state index in [0.29, 0.717) is 24.0 Å². The number of rotatable bonds is 6. The lowest BCUT2D eigenvalue weighted by atomic mass is 10.2. The first-order chi connectivity index (χ1) is 10.2.